The number of hydrogen-bond donors (Lipinski definition) is 2. The molecule has 2 heterocycles. The molecule has 0 radical (unpaired) electrons. The summed E-state index contributed by atoms with van der Waals surface area (Å²) in [5.74, 6) is 6.00. The van der Waals surface area contributed by atoms with Crippen LogP contribution in [-0.2, 0) is 4.74 Å². The van der Waals surface area contributed by atoms with Crippen LogP contribution >= 0.6 is 0 Å². The smallest absolute Gasteiger partial charge is 0.102 e. The van der Waals surface area contributed by atoms with E-state index in [2.05, 4.69) is 15.6 Å². The molecule has 1 saturated heterocycles. The Bertz CT molecular complexity index is 521. The fraction of sp³-hybridized carbons (Fsp3) is 0.385. The summed E-state index contributed by atoms with van der Waals surface area (Å²) in [5.41, 5.74) is 4.62. The van der Waals surface area contributed by atoms with Crippen molar-refractivity contribution in [2.45, 2.75) is 12.5 Å². The van der Waals surface area contributed by atoms with E-state index in [4.69, 9.17) is 10.6 Å². The number of rotatable bonds is 4. The first-order valence-electron chi connectivity index (χ1n) is 6.40. The van der Waals surface area contributed by atoms with Gasteiger partial charge < -0.3 is 4.74 Å². The normalized spacial score (nSPS) is 20.6. The van der Waals surface area contributed by atoms with Gasteiger partial charge in [0.15, 0.2) is 0 Å². The van der Waals surface area contributed by atoms with Crippen molar-refractivity contribution in [1.29, 1.82) is 0 Å². The highest BCUT2D eigenvalue weighted by Crippen LogP contribution is 2.26. The number of hydrogen-bond acceptors (Lipinski definition) is 5. The predicted octanol–water partition coefficient (Wildman–Crippen LogP) is 0.808. The fourth-order valence-electron chi connectivity index (χ4n) is 2.38. The Morgan fingerprint density at radius 3 is 2.89 bits per heavy atom. The summed E-state index contributed by atoms with van der Waals surface area (Å²) in [6.07, 6.45) is 2.75. The molecule has 0 amide bonds. The first-order valence-corrected chi connectivity index (χ1v) is 6.40. The molecule has 1 aromatic carbocycles. The molecule has 100 valence electrons. The van der Waals surface area contributed by atoms with Crippen LogP contribution in [-0.4, -0.2) is 28.2 Å². The van der Waals surface area contributed by atoms with Crippen molar-refractivity contribution in [2.75, 3.05) is 13.2 Å². The highest BCUT2D eigenvalue weighted by atomic mass is 16.5. The third-order valence-electron chi connectivity index (χ3n) is 3.43. The van der Waals surface area contributed by atoms with Crippen molar-refractivity contribution in [1.82, 2.24) is 20.4 Å². The van der Waals surface area contributed by atoms with Crippen LogP contribution in [0.1, 0.15) is 18.2 Å². The third-order valence-corrected chi connectivity index (χ3v) is 3.43. The molecule has 0 aliphatic carbocycles. The van der Waals surface area contributed by atoms with Gasteiger partial charge in [-0.15, -0.1) is 0 Å². The first-order chi connectivity index (χ1) is 9.38. The Balaban J connectivity index is 1.83. The van der Waals surface area contributed by atoms with E-state index in [0.29, 0.717) is 12.5 Å². The summed E-state index contributed by atoms with van der Waals surface area (Å²) >= 11 is 0. The second-order valence-corrected chi connectivity index (χ2v) is 4.66. The maximum Gasteiger partial charge on any atom is 0.102 e. The maximum atomic E-state index is 5.65. The molecule has 6 heteroatoms. The number of nitrogens with one attached hydrogen (secondary N) is 1. The molecule has 6 nitrogen and oxygen atoms in total. The van der Waals surface area contributed by atoms with Gasteiger partial charge >= 0.3 is 0 Å². The highest BCUT2D eigenvalue weighted by Gasteiger charge is 2.28. The summed E-state index contributed by atoms with van der Waals surface area (Å²) in [4.78, 5) is 1.62. The van der Waals surface area contributed by atoms with Crippen LogP contribution in [0.4, 0.5) is 0 Å². The number of benzene rings is 1. The minimum Gasteiger partial charge on any atom is -0.381 e. The van der Waals surface area contributed by atoms with E-state index in [0.717, 1.165) is 24.4 Å². The number of nitrogens with two attached hydrogens (primary N) is 1. The number of nitrogens with zero attached hydrogens (tertiary/aromatic N) is 3. The van der Waals surface area contributed by atoms with Crippen LogP contribution in [0.15, 0.2) is 36.5 Å². The number of hydrazine groups is 1. The van der Waals surface area contributed by atoms with Crippen molar-refractivity contribution < 1.29 is 4.74 Å². The molecule has 0 bridgehead atoms. The van der Waals surface area contributed by atoms with Crippen LogP contribution in [0.25, 0.3) is 5.69 Å². The summed E-state index contributed by atoms with van der Waals surface area (Å²) in [5, 5.41) is 8.80. The zero-order valence-electron chi connectivity index (χ0n) is 10.6. The third kappa shape index (κ3) is 2.51. The van der Waals surface area contributed by atoms with Gasteiger partial charge in [0.25, 0.3) is 0 Å². The Hall–Kier alpha value is -1.76. The Morgan fingerprint density at radius 1 is 1.37 bits per heavy atom. The van der Waals surface area contributed by atoms with Crippen molar-refractivity contribution in [3.8, 4) is 5.69 Å². The fourth-order valence-corrected chi connectivity index (χ4v) is 2.38. The molecule has 0 saturated carbocycles. The summed E-state index contributed by atoms with van der Waals surface area (Å²) in [7, 11) is 0. The van der Waals surface area contributed by atoms with Gasteiger partial charge in [0.2, 0.25) is 0 Å². The molecule has 3 N–H and O–H groups in total. The lowest BCUT2D eigenvalue weighted by Crippen LogP contribution is -2.34. The zero-order chi connectivity index (χ0) is 13.1. The molecule has 2 unspecified atom stereocenters. The number of ether oxygens (including phenoxy) is 1. The average molecular weight is 259 g/mol. The first kappa shape index (κ1) is 12.3. The quantitative estimate of drug-likeness (QED) is 0.627. The molecule has 2 atom stereocenters. The maximum absolute atomic E-state index is 5.65. The van der Waals surface area contributed by atoms with Crippen LogP contribution in [0, 0.1) is 5.92 Å². The summed E-state index contributed by atoms with van der Waals surface area (Å²) in [6.45, 7) is 1.50. The van der Waals surface area contributed by atoms with Gasteiger partial charge in [0.1, 0.15) is 5.69 Å². The summed E-state index contributed by atoms with van der Waals surface area (Å²) < 4.78 is 5.40. The Morgan fingerprint density at radius 2 is 2.21 bits per heavy atom. The van der Waals surface area contributed by atoms with Gasteiger partial charge in [0.05, 0.1) is 24.5 Å². The Labute approximate surface area is 111 Å². The van der Waals surface area contributed by atoms with E-state index < -0.39 is 0 Å². The number of aromatic nitrogens is 3. The van der Waals surface area contributed by atoms with E-state index in [1.165, 1.54) is 0 Å². The van der Waals surface area contributed by atoms with Crippen LogP contribution in [0.2, 0.25) is 0 Å². The van der Waals surface area contributed by atoms with Gasteiger partial charge in [-0.2, -0.15) is 15.0 Å². The van der Waals surface area contributed by atoms with Gasteiger partial charge in [0, 0.05) is 12.5 Å². The van der Waals surface area contributed by atoms with Crippen molar-refractivity contribution >= 4 is 0 Å². The van der Waals surface area contributed by atoms with E-state index >= 15 is 0 Å². The molecule has 2 aromatic rings. The predicted molar refractivity (Wildman–Crippen MR) is 70.3 cm³/mol. The van der Waals surface area contributed by atoms with Crippen LogP contribution in [0.3, 0.4) is 0 Å². The molecule has 1 aromatic heterocycles. The minimum absolute atomic E-state index is 0.0139. The topological polar surface area (TPSA) is 78.0 Å². The number of para-hydroxylation sites is 1. The summed E-state index contributed by atoms with van der Waals surface area (Å²) in [6, 6.07) is 9.80. The van der Waals surface area contributed by atoms with E-state index in [-0.39, 0.29) is 6.04 Å². The van der Waals surface area contributed by atoms with Gasteiger partial charge in [-0.1, -0.05) is 18.2 Å². The van der Waals surface area contributed by atoms with E-state index in [1.807, 2.05) is 30.3 Å². The van der Waals surface area contributed by atoms with Crippen LogP contribution in [0.5, 0.6) is 0 Å². The van der Waals surface area contributed by atoms with Crippen molar-refractivity contribution in [3.63, 3.8) is 0 Å². The Kier molecular flexibility index (Phi) is 3.54. The lowest BCUT2D eigenvalue weighted by atomic mass is 9.97. The average Bonchev–Trinajstić information content (AvgIpc) is 3.12. The molecule has 19 heavy (non-hydrogen) atoms. The molecular formula is C13H17N5O. The molecule has 1 aliphatic rings. The van der Waals surface area contributed by atoms with E-state index in [9.17, 15) is 0 Å². The SMILES string of the molecule is NNC(c1cnn(-c2ccccc2)n1)C1CCOC1. The lowest BCUT2D eigenvalue weighted by Gasteiger charge is -2.18. The second kappa shape index (κ2) is 5.48. The largest absolute Gasteiger partial charge is 0.381 e. The molecule has 1 aliphatic heterocycles. The minimum atomic E-state index is -0.0139. The standard InChI is InChI=1S/C13H17N5O/c14-16-13(10-6-7-19-9-10)12-8-15-18(17-12)11-4-2-1-3-5-11/h1-5,8,10,13,16H,6-7,9,14H2. The monoisotopic (exact) mass is 259 g/mol. The van der Waals surface area contributed by atoms with Crippen molar-refractivity contribution in [3.05, 3.63) is 42.2 Å². The van der Waals surface area contributed by atoms with Crippen molar-refractivity contribution in [2.24, 2.45) is 11.8 Å². The molecule has 3 rings (SSSR count). The van der Waals surface area contributed by atoms with Gasteiger partial charge in [-0.3, -0.25) is 11.3 Å². The zero-order valence-corrected chi connectivity index (χ0v) is 10.6. The van der Waals surface area contributed by atoms with Crippen LogP contribution < -0.4 is 11.3 Å². The van der Waals surface area contributed by atoms with Gasteiger partial charge in [-0.05, 0) is 18.6 Å². The lowest BCUT2D eigenvalue weighted by molar-refractivity contribution is 0.176. The molecule has 1 fully saturated rings. The van der Waals surface area contributed by atoms with Gasteiger partial charge in [-0.25, -0.2) is 0 Å². The second-order valence-electron chi connectivity index (χ2n) is 4.66. The molecule has 0 spiro atoms. The highest BCUT2D eigenvalue weighted by molar-refractivity contribution is 5.28. The molecular weight excluding hydrogens is 242 g/mol. The van der Waals surface area contributed by atoms with E-state index in [1.54, 1.807) is 11.0 Å².